The molecule has 1 saturated carbocycles. The number of nitriles is 1. The van der Waals surface area contributed by atoms with Crippen LogP contribution in [0.2, 0.25) is 0 Å². The smallest absolute Gasteiger partial charge is 0.317 e. The van der Waals surface area contributed by atoms with Gasteiger partial charge >= 0.3 is 6.03 Å². The van der Waals surface area contributed by atoms with Gasteiger partial charge in [0.2, 0.25) is 5.92 Å². The Morgan fingerprint density at radius 3 is 2.58 bits per heavy atom. The Hall–Kier alpha value is -2.53. The van der Waals surface area contributed by atoms with Crippen molar-refractivity contribution in [2.75, 3.05) is 13.1 Å². The monoisotopic (exact) mass is 459 g/mol. The van der Waals surface area contributed by atoms with E-state index in [9.17, 15) is 23.6 Å². The number of ether oxygens (including phenoxy) is 1. The lowest BCUT2D eigenvalue weighted by atomic mass is 9.84. The Balaban J connectivity index is 1.33. The van der Waals surface area contributed by atoms with Crippen molar-refractivity contribution < 1.29 is 23.1 Å². The average Bonchev–Trinajstić information content (AvgIpc) is 3.49. The van der Waals surface area contributed by atoms with Crippen molar-refractivity contribution in [3.8, 4) is 6.07 Å². The molecular formula is C25H31F2N3O3. The summed E-state index contributed by atoms with van der Waals surface area (Å²) in [6.07, 6.45) is 3.32. The van der Waals surface area contributed by atoms with Crippen LogP contribution < -0.4 is 5.32 Å². The number of urea groups is 1. The van der Waals surface area contributed by atoms with Crippen LogP contribution in [-0.2, 0) is 21.7 Å². The van der Waals surface area contributed by atoms with Gasteiger partial charge in [-0.05, 0) is 56.6 Å². The van der Waals surface area contributed by atoms with Crippen LogP contribution in [0.25, 0.3) is 0 Å². The molecule has 6 nitrogen and oxygen atoms in total. The maximum absolute atomic E-state index is 13.8. The van der Waals surface area contributed by atoms with E-state index in [-0.39, 0.29) is 11.8 Å². The van der Waals surface area contributed by atoms with Gasteiger partial charge in [0, 0.05) is 25.9 Å². The number of rotatable bonds is 8. The predicted octanol–water partition coefficient (Wildman–Crippen LogP) is 4.67. The van der Waals surface area contributed by atoms with Gasteiger partial charge in [0.15, 0.2) is 5.78 Å². The number of hydrogen-bond donors (Lipinski definition) is 1. The zero-order valence-corrected chi connectivity index (χ0v) is 19.0. The molecule has 33 heavy (non-hydrogen) atoms. The molecule has 1 aromatic carbocycles. The lowest BCUT2D eigenvalue weighted by molar-refractivity contribution is -0.123. The summed E-state index contributed by atoms with van der Waals surface area (Å²) in [5.74, 6) is -3.48. The van der Waals surface area contributed by atoms with Crippen molar-refractivity contribution in [3.63, 3.8) is 0 Å². The van der Waals surface area contributed by atoms with Crippen molar-refractivity contribution in [1.29, 1.82) is 5.26 Å². The third-order valence-electron chi connectivity index (χ3n) is 7.29. The van der Waals surface area contributed by atoms with Gasteiger partial charge in [-0.1, -0.05) is 24.3 Å². The number of carbonyl (C=O) groups excluding carboxylic acids is 2. The number of carbonyl (C=O) groups is 2. The zero-order valence-electron chi connectivity index (χ0n) is 19.0. The standard InChI is InChI=1S/C25H31F2N3O3/c1-23(26,27)15-20(21(31)7-4-8-24(17-28)9-10-24)29-22(32)30-13-11-25(12-14-30)19-6-3-2-5-18(19)16-33-25/h2-3,5-6,20H,4,7-16H2,1H3,(H,29,32)/t20-/m0/s1. The first kappa shape index (κ1) is 23.6. The summed E-state index contributed by atoms with van der Waals surface area (Å²) in [4.78, 5) is 27.2. The highest BCUT2D eigenvalue weighted by molar-refractivity contribution is 5.88. The molecule has 8 heteroatoms. The average molecular weight is 460 g/mol. The van der Waals surface area contributed by atoms with E-state index >= 15 is 0 Å². The number of amides is 2. The second kappa shape index (κ2) is 9.02. The first-order valence-electron chi connectivity index (χ1n) is 11.8. The lowest BCUT2D eigenvalue weighted by Gasteiger charge is -2.39. The number of nitrogens with one attached hydrogen (secondary N) is 1. The molecule has 0 bridgehead atoms. The minimum atomic E-state index is -3.08. The molecule has 2 amide bonds. The fourth-order valence-corrected chi connectivity index (χ4v) is 5.06. The number of piperidine rings is 1. The summed E-state index contributed by atoms with van der Waals surface area (Å²) in [5, 5.41) is 11.7. The molecule has 1 saturated heterocycles. The lowest BCUT2D eigenvalue weighted by Crippen LogP contribution is -2.53. The molecule has 2 aliphatic heterocycles. The van der Waals surface area contributed by atoms with E-state index in [2.05, 4.69) is 17.5 Å². The predicted molar refractivity (Wildman–Crippen MR) is 117 cm³/mol. The van der Waals surface area contributed by atoms with Crippen molar-refractivity contribution in [3.05, 3.63) is 35.4 Å². The summed E-state index contributed by atoms with van der Waals surface area (Å²) >= 11 is 0. The summed E-state index contributed by atoms with van der Waals surface area (Å²) in [6.45, 7) is 2.16. The number of likely N-dealkylation sites (tertiary alicyclic amines) is 1. The number of halogens is 2. The molecule has 2 fully saturated rings. The summed E-state index contributed by atoms with van der Waals surface area (Å²) in [5.41, 5.74) is 1.59. The van der Waals surface area contributed by atoms with Crippen LogP contribution in [0.4, 0.5) is 13.6 Å². The Morgan fingerprint density at radius 1 is 1.24 bits per heavy atom. The number of nitrogens with zero attached hydrogens (tertiary/aromatic N) is 2. The largest absolute Gasteiger partial charge is 0.365 e. The molecule has 0 unspecified atom stereocenters. The van der Waals surface area contributed by atoms with E-state index < -0.39 is 35.8 Å². The van der Waals surface area contributed by atoms with Gasteiger partial charge in [-0.15, -0.1) is 0 Å². The van der Waals surface area contributed by atoms with Crippen LogP contribution >= 0.6 is 0 Å². The third-order valence-corrected chi connectivity index (χ3v) is 7.29. The Labute approximate surface area is 193 Å². The molecule has 1 N–H and O–H groups in total. The van der Waals surface area contributed by atoms with Crippen LogP contribution in [0.1, 0.15) is 69.4 Å². The van der Waals surface area contributed by atoms with Crippen LogP contribution in [0.15, 0.2) is 24.3 Å². The minimum absolute atomic E-state index is 0.0815. The number of Topliss-reactive ketones (excluding diaryl/α,β-unsaturated/α-hetero) is 1. The van der Waals surface area contributed by atoms with Crippen LogP contribution in [0.3, 0.4) is 0 Å². The first-order valence-corrected chi connectivity index (χ1v) is 11.8. The first-order chi connectivity index (χ1) is 15.7. The van der Waals surface area contributed by atoms with E-state index in [1.165, 1.54) is 0 Å². The molecule has 4 rings (SSSR count). The van der Waals surface area contributed by atoms with Gasteiger partial charge in [0.05, 0.1) is 29.7 Å². The summed E-state index contributed by atoms with van der Waals surface area (Å²) in [6, 6.07) is 8.62. The summed E-state index contributed by atoms with van der Waals surface area (Å²) in [7, 11) is 0. The van der Waals surface area contributed by atoms with Gasteiger partial charge in [0.1, 0.15) is 0 Å². The van der Waals surface area contributed by atoms with Gasteiger partial charge in [-0.25, -0.2) is 13.6 Å². The second-order valence-electron chi connectivity index (χ2n) is 9.92. The topological polar surface area (TPSA) is 82.4 Å². The molecule has 1 spiro atoms. The minimum Gasteiger partial charge on any atom is -0.365 e. The molecule has 1 atom stereocenters. The van der Waals surface area contributed by atoms with Crippen molar-refractivity contribution >= 4 is 11.8 Å². The number of ketones is 1. The zero-order chi connectivity index (χ0) is 23.7. The van der Waals surface area contributed by atoms with Crippen molar-refractivity contribution in [2.45, 2.75) is 82.5 Å². The van der Waals surface area contributed by atoms with Gasteiger partial charge in [0.25, 0.3) is 0 Å². The van der Waals surface area contributed by atoms with E-state index in [1.54, 1.807) is 4.90 Å². The number of alkyl halides is 2. The van der Waals surface area contributed by atoms with E-state index in [0.29, 0.717) is 45.4 Å². The fourth-order valence-electron chi connectivity index (χ4n) is 5.06. The highest BCUT2D eigenvalue weighted by Crippen LogP contribution is 2.49. The van der Waals surface area contributed by atoms with Crippen molar-refractivity contribution in [2.24, 2.45) is 5.41 Å². The molecule has 178 valence electrons. The maximum atomic E-state index is 13.8. The fraction of sp³-hybridized carbons (Fsp3) is 0.640. The Morgan fingerprint density at radius 2 is 1.94 bits per heavy atom. The number of benzene rings is 1. The van der Waals surface area contributed by atoms with Crippen LogP contribution in [0, 0.1) is 16.7 Å². The van der Waals surface area contributed by atoms with Crippen LogP contribution in [-0.4, -0.2) is 41.8 Å². The molecular weight excluding hydrogens is 428 g/mol. The van der Waals surface area contributed by atoms with Gasteiger partial charge in [-0.3, -0.25) is 4.79 Å². The molecule has 1 aromatic rings. The maximum Gasteiger partial charge on any atom is 0.317 e. The number of hydrogen-bond acceptors (Lipinski definition) is 4. The molecule has 2 heterocycles. The highest BCUT2D eigenvalue weighted by atomic mass is 19.3. The Bertz CT molecular complexity index is 941. The second-order valence-corrected chi connectivity index (χ2v) is 9.92. The number of fused-ring (bicyclic) bond motifs is 2. The normalized spacial score (nSPS) is 21.2. The van der Waals surface area contributed by atoms with Gasteiger partial charge in [-0.2, -0.15) is 5.26 Å². The SMILES string of the molecule is CC(F)(F)C[C@H](NC(=O)N1CCC2(CC1)OCc1ccccc12)C(=O)CCCC1(C#N)CC1. The Kier molecular flexibility index (Phi) is 6.45. The molecule has 3 aliphatic rings. The third kappa shape index (κ3) is 5.35. The van der Waals surface area contributed by atoms with E-state index in [1.807, 2.05) is 18.2 Å². The van der Waals surface area contributed by atoms with Crippen LogP contribution in [0.5, 0.6) is 0 Å². The quantitative estimate of drug-likeness (QED) is 0.612. The van der Waals surface area contributed by atoms with E-state index in [4.69, 9.17) is 4.74 Å². The highest BCUT2D eigenvalue weighted by Gasteiger charge is 2.44. The molecule has 0 radical (unpaired) electrons. The van der Waals surface area contributed by atoms with E-state index in [0.717, 1.165) is 30.9 Å². The summed E-state index contributed by atoms with van der Waals surface area (Å²) < 4.78 is 33.6. The molecule has 1 aliphatic carbocycles. The van der Waals surface area contributed by atoms with Crippen molar-refractivity contribution in [1.82, 2.24) is 10.2 Å². The van der Waals surface area contributed by atoms with Gasteiger partial charge < -0.3 is 15.0 Å². The molecule has 0 aromatic heterocycles.